The molecule has 22 heavy (non-hydrogen) atoms. The first-order valence-electron chi connectivity index (χ1n) is 6.68. The first-order chi connectivity index (χ1) is 10.4. The van der Waals surface area contributed by atoms with Crippen LogP contribution in [0.15, 0.2) is 46.2 Å². The molecule has 2 aromatic rings. The first kappa shape index (κ1) is 16.3. The highest BCUT2D eigenvalue weighted by molar-refractivity contribution is 7.89. The molecule has 0 atom stereocenters. The van der Waals surface area contributed by atoms with Crippen LogP contribution in [0.3, 0.4) is 0 Å². The van der Waals surface area contributed by atoms with E-state index in [1.165, 1.54) is 36.0 Å². The molecule has 0 aliphatic heterocycles. The lowest BCUT2D eigenvalue weighted by molar-refractivity contribution is 0.535. The summed E-state index contributed by atoms with van der Waals surface area (Å²) in [4.78, 5) is 11.4. The van der Waals surface area contributed by atoms with Crippen molar-refractivity contribution >= 4 is 10.0 Å². The van der Waals surface area contributed by atoms with Crippen molar-refractivity contribution in [2.75, 3.05) is 6.54 Å². The van der Waals surface area contributed by atoms with Crippen LogP contribution in [0.5, 0.6) is 0 Å². The molecular weight excluding hydrogens is 309 g/mol. The largest absolute Gasteiger partial charge is 0.268 e. The molecule has 118 valence electrons. The van der Waals surface area contributed by atoms with E-state index in [9.17, 15) is 17.6 Å². The third-order valence-electron chi connectivity index (χ3n) is 3.06. The van der Waals surface area contributed by atoms with Gasteiger partial charge in [-0.3, -0.25) is 4.79 Å². The molecule has 1 aromatic carbocycles. The van der Waals surface area contributed by atoms with E-state index in [1.807, 2.05) is 0 Å². The van der Waals surface area contributed by atoms with Gasteiger partial charge < -0.3 is 0 Å². The lowest BCUT2D eigenvalue weighted by Gasteiger charge is -2.08. The van der Waals surface area contributed by atoms with E-state index in [2.05, 4.69) is 9.82 Å². The maximum atomic E-state index is 13.2. The molecule has 1 aromatic heterocycles. The van der Waals surface area contributed by atoms with Gasteiger partial charge in [-0.15, -0.1) is 0 Å². The minimum absolute atomic E-state index is 0.0152. The maximum absolute atomic E-state index is 13.2. The zero-order chi connectivity index (χ0) is 16.2. The lowest BCUT2D eigenvalue weighted by Crippen LogP contribution is -2.28. The van der Waals surface area contributed by atoms with Crippen LogP contribution in [-0.4, -0.2) is 24.7 Å². The second-order valence-electron chi connectivity index (χ2n) is 4.75. The Kier molecular flexibility index (Phi) is 5.04. The number of aryl methyl sites for hydroxylation is 2. The number of nitrogens with zero attached hydrogens (tertiary/aromatic N) is 2. The molecule has 0 saturated carbocycles. The third-order valence-corrected chi connectivity index (χ3v) is 4.52. The number of rotatable bonds is 6. The Morgan fingerprint density at radius 1 is 1.32 bits per heavy atom. The quantitative estimate of drug-likeness (QED) is 0.805. The van der Waals surface area contributed by atoms with E-state index in [0.717, 1.165) is 6.07 Å². The zero-order valence-electron chi connectivity index (χ0n) is 12.0. The normalized spacial score (nSPS) is 11.5. The van der Waals surface area contributed by atoms with Crippen molar-refractivity contribution in [3.05, 3.63) is 58.3 Å². The first-order valence-corrected chi connectivity index (χ1v) is 8.16. The van der Waals surface area contributed by atoms with Gasteiger partial charge in [-0.25, -0.2) is 22.2 Å². The highest BCUT2D eigenvalue weighted by Crippen LogP contribution is 2.13. The van der Waals surface area contributed by atoms with E-state index < -0.39 is 15.8 Å². The minimum Gasteiger partial charge on any atom is -0.268 e. The maximum Gasteiger partial charge on any atom is 0.266 e. The molecule has 0 unspecified atom stereocenters. The molecule has 1 heterocycles. The van der Waals surface area contributed by atoms with Crippen LogP contribution in [0.25, 0.3) is 0 Å². The van der Waals surface area contributed by atoms with Crippen LogP contribution in [-0.2, 0) is 16.6 Å². The highest BCUT2D eigenvalue weighted by atomic mass is 32.2. The zero-order valence-corrected chi connectivity index (χ0v) is 12.8. The summed E-state index contributed by atoms with van der Waals surface area (Å²) < 4.78 is 41.0. The van der Waals surface area contributed by atoms with Gasteiger partial charge in [0.1, 0.15) is 5.82 Å². The summed E-state index contributed by atoms with van der Waals surface area (Å²) in [5.74, 6) is -0.450. The SMILES string of the molecule is Cc1cc(S(=O)(=O)NCCCn2ncccc2=O)ccc1F. The molecule has 0 radical (unpaired) electrons. The Hall–Kier alpha value is -2.06. The number of aromatic nitrogens is 2. The van der Waals surface area contributed by atoms with Crippen molar-refractivity contribution in [3.8, 4) is 0 Å². The van der Waals surface area contributed by atoms with Crippen LogP contribution in [0.1, 0.15) is 12.0 Å². The fourth-order valence-corrected chi connectivity index (χ4v) is 3.02. The molecule has 0 spiro atoms. The van der Waals surface area contributed by atoms with E-state index in [-0.39, 0.29) is 22.6 Å². The lowest BCUT2D eigenvalue weighted by atomic mass is 10.2. The van der Waals surface area contributed by atoms with Crippen molar-refractivity contribution < 1.29 is 12.8 Å². The van der Waals surface area contributed by atoms with Gasteiger partial charge in [0.2, 0.25) is 10.0 Å². The number of halogens is 1. The molecule has 0 aliphatic rings. The van der Waals surface area contributed by atoms with Gasteiger partial charge in [0.05, 0.1) is 4.90 Å². The molecule has 0 bridgehead atoms. The van der Waals surface area contributed by atoms with Crippen LogP contribution in [0.2, 0.25) is 0 Å². The van der Waals surface area contributed by atoms with E-state index in [0.29, 0.717) is 13.0 Å². The van der Waals surface area contributed by atoms with Gasteiger partial charge in [0.15, 0.2) is 0 Å². The molecule has 0 amide bonds. The van der Waals surface area contributed by atoms with Gasteiger partial charge in [-0.2, -0.15) is 5.10 Å². The summed E-state index contributed by atoms with van der Waals surface area (Å²) in [7, 11) is -3.69. The van der Waals surface area contributed by atoms with E-state index >= 15 is 0 Å². The molecule has 8 heteroatoms. The summed E-state index contributed by atoms with van der Waals surface area (Å²) in [6, 6.07) is 6.54. The number of hydrogen-bond acceptors (Lipinski definition) is 4. The predicted octanol–water partition coefficient (Wildman–Crippen LogP) is 1.06. The molecular formula is C14H16FN3O3S. The fourth-order valence-electron chi connectivity index (χ4n) is 1.86. The van der Waals surface area contributed by atoms with Crippen LogP contribution in [0, 0.1) is 12.7 Å². The average molecular weight is 325 g/mol. The van der Waals surface area contributed by atoms with Crippen molar-refractivity contribution in [1.29, 1.82) is 0 Å². The Morgan fingerprint density at radius 2 is 2.09 bits per heavy atom. The molecule has 0 saturated heterocycles. The Bertz CT molecular complexity index is 818. The van der Waals surface area contributed by atoms with E-state index in [4.69, 9.17) is 0 Å². The standard InChI is InChI=1S/C14H16FN3O3S/c1-11-10-12(5-6-13(11)15)22(20,21)17-8-3-9-18-14(19)4-2-7-16-18/h2,4-7,10,17H,3,8-9H2,1H3. The summed E-state index contributed by atoms with van der Waals surface area (Å²) in [5, 5.41) is 3.88. The summed E-state index contributed by atoms with van der Waals surface area (Å²) in [5.41, 5.74) is 0.0300. The van der Waals surface area contributed by atoms with Crippen LogP contribution in [0.4, 0.5) is 4.39 Å². The van der Waals surface area contributed by atoms with Crippen molar-refractivity contribution in [3.63, 3.8) is 0 Å². The van der Waals surface area contributed by atoms with Crippen LogP contribution >= 0.6 is 0 Å². The van der Waals surface area contributed by atoms with Gasteiger partial charge in [0, 0.05) is 25.4 Å². The summed E-state index contributed by atoms with van der Waals surface area (Å²) >= 11 is 0. The molecule has 2 rings (SSSR count). The van der Waals surface area contributed by atoms with Gasteiger partial charge in [-0.05, 0) is 43.2 Å². The second kappa shape index (κ2) is 6.80. The van der Waals surface area contributed by atoms with Crippen molar-refractivity contribution in [2.24, 2.45) is 0 Å². The number of hydrogen-bond donors (Lipinski definition) is 1. The number of sulfonamides is 1. The van der Waals surface area contributed by atoms with Gasteiger partial charge in [0.25, 0.3) is 5.56 Å². The predicted molar refractivity (Wildman–Crippen MR) is 79.4 cm³/mol. The molecule has 0 fully saturated rings. The van der Waals surface area contributed by atoms with Crippen molar-refractivity contribution in [2.45, 2.75) is 24.8 Å². The molecule has 6 nitrogen and oxygen atoms in total. The monoisotopic (exact) mass is 325 g/mol. The second-order valence-corrected chi connectivity index (χ2v) is 6.51. The molecule has 1 N–H and O–H groups in total. The average Bonchev–Trinajstić information content (AvgIpc) is 2.48. The Labute approximate surface area is 127 Å². The fraction of sp³-hybridized carbons (Fsp3) is 0.286. The Morgan fingerprint density at radius 3 is 2.77 bits per heavy atom. The summed E-state index contributed by atoms with van der Waals surface area (Å²) in [6.07, 6.45) is 1.91. The Balaban J connectivity index is 1.94. The third kappa shape index (κ3) is 3.99. The van der Waals surface area contributed by atoms with Gasteiger partial charge in [-0.1, -0.05) is 0 Å². The molecule has 0 aliphatic carbocycles. The topological polar surface area (TPSA) is 81.1 Å². The van der Waals surface area contributed by atoms with Crippen LogP contribution < -0.4 is 10.3 Å². The smallest absolute Gasteiger partial charge is 0.266 e. The highest BCUT2D eigenvalue weighted by Gasteiger charge is 2.14. The van der Waals surface area contributed by atoms with E-state index in [1.54, 1.807) is 6.07 Å². The number of benzene rings is 1. The summed E-state index contributed by atoms with van der Waals surface area (Å²) in [6.45, 7) is 1.97. The van der Waals surface area contributed by atoms with Crippen molar-refractivity contribution in [1.82, 2.24) is 14.5 Å². The van der Waals surface area contributed by atoms with Gasteiger partial charge >= 0.3 is 0 Å². The minimum atomic E-state index is -3.69. The number of nitrogens with one attached hydrogen (secondary N) is 1.